The number of primary amides is 1. The minimum absolute atomic E-state index is 0.0298. The first-order chi connectivity index (χ1) is 11.4. The van der Waals surface area contributed by atoms with Gasteiger partial charge in [-0.05, 0) is 24.6 Å². The number of ether oxygens (including phenoxy) is 1. The molecule has 1 aromatic carbocycles. The number of nitrogens with one attached hydrogen (secondary N) is 1. The fraction of sp³-hybridized carbons (Fsp3) is 0.188. The van der Waals surface area contributed by atoms with Crippen molar-refractivity contribution in [2.45, 2.75) is 19.3 Å². The number of amidine groups is 1. The van der Waals surface area contributed by atoms with Crippen LogP contribution in [0.15, 0.2) is 53.7 Å². The molecule has 0 spiro atoms. The number of nitrogens with two attached hydrogens (primary N) is 2. The molecule has 0 saturated carbocycles. The number of rotatable bonds is 6. The highest BCUT2D eigenvalue weighted by Crippen LogP contribution is 2.22. The highest BCUT2D eigenvalue weighted by Gasteiger charge is 2.32. The zero-order chi connectivity index (χ0) is 17.6. The molecule has 1 unspecified atom stereocenters. The SMILES string of the molecule is CC(NC(N)=O)(OCc1ccccc1)/C(N)=N/c1ncccc1Cl. The molecule has 2 rings (SSSR count). The Labute approximate surface area is 144 Å². The highest BCUT2D eigenvalue weighted by molar-refractivity contribution is 6.32. The van der Waals surface area contributed by atoms with E-state index in [4.69, 9.17) is 27.8 Å². The van der Waals surface area contributed by atoms with Crippen LogP contribution in [0.1, 0.15) is 12.5 Å². The van der Waals surface area contributed by atoms with Crippen LogP contribution in [0.4, 0.5) is 10.6 Å². The number of halogens is 1. The van der Waals surface area contributed by atoms with Gasteiger partial charge in [-0.1, -0.05) is 41.9 Å². The Hall–Kier alpha value is -2.64. The number of hydrogen-bond acceptors (Lipinski definition) is 4. The molecular weight excluding hydrogens is 330 g/mol. The molecule has 0 fully saturated rings. The molecule has 0 bridgehead atoms. The van der Waals surface area contributed by atoms with E-state index >= 15 is 0 Å². The normalized spacial score (nSPS) is 14.0. The van der Waals surface area contributed by atoms with E-state index in [0.29, 0.717) is 5.02 Å². The third-order valence-corrected chi connectivity index (χ3v) is 3.48. The summed E-state index contributed by atoms with van der Waals surface area (Å²) in [4.78, 5) is 19.5. The maximum absolute atomic E-state index is 11.3. The smallest absolute Gasteiger partial charge is 0.314 e. The Bertz CT molecular complexity index is 738. The third-order valence-electron chi connectivity index (χ3n) is 3.19. The van der Waals surface area contributed by atoms with E-state index < -0.39 is 11.8 Å². The fourth-order valence-corrected chi connectivity index (χ4v) is 2.06. The summed E-state index contributed by atoms with van der Waals surface area (Å²) in [6.45, 7) is 1.75. The quantitative estimate of drug-likeness (QED) is 0.422. The fourth-order valence-electron chi connectivity index (χ4n) is 1.89. The number of carbonyl (C=O) groups excluding carboxylic acids is 1. The Balaban J connectivity index is 2.25. The predicted molar refractivity (Wildman–Crippen MR) is 92.9 cm³/mol. The maximum atomic E-state index is 11.3. The molecule has 0 saturated heterocycles. The molecule has 126 valence electrons. The summed E-state index contributed by atoms with van der Waals surface area (Å²) in [6.07, 6.45) is 1.53. The van der Waals surface area contributed by atoms with Gasteiger partial charge in [0, 0.05) is 6.20 Å². The molecule has 1 aromatic heterocycles. The summed E-state index contributed by atoms with van der Waals surface area (Å²) < 4.78 is 5.76. The first-order valence-electron chi connectivity index (χ1n) is 7.11. The molecule has 0 aliphatic rings. The van der Waals surface area contributed by atoms with Gasteiger partial charge in [0.05, 0.1) is 11.6 Å². The van der Waals surface area contributed by atoms with Gasteiger partial charge in [-0.15, -0.1) is 0 Å². The Kier molecular flexibility index (Phi) is 5.73. The van der Waals surface area contributed by atoms with Crippen LogP contribution in [0.5, 0.6) is 0 Å². The zero-order valence-electron chi connectivity index (χ0n) is 13.1. The molecule has 2 aromatic rings. The summed E-state index contributed by atoms with van der Waals surface area (Å²) in [7, 11) is 0. The average Bonchev–Trinajstić information content (AvgIpc) is 2.55. The number of carbonyl (C=O) groups is 1. The van der Waals surface area contributed by atoms with Crippen molar-refractivity contribution in [3.8, 4) is 0 Å². The van der Waals surface area contributed by atoms with E-state index in [9.17, 15) is 4.79 Å². The van der Waals surface area contributed by atoms with Gasteiger partial charge < -0.3 is 21.5 Å². The number of benzene rings is 1. The minimum Gasteiger partial charge on any atom is -0.383 e. The number of nitrogens with zero attached hydrogens (tertiary/aromatic N) is 2. The van der Waals surface area contributed by atoms with Crippen LogP contribution in [-0.4, -0.2) is 22.6 Å². The van der Waals surface area contributed by atoms with Gasteiger partial charge in [0.15, 0.2) is 17.4 Å². The van der Waals surface area contributed by atoms with Crippen LogP contribution < -0.4 is 16.8 Å². The first kappa shape index (κ1) is 17.7. The predicted octanol–water partition coefficient (Wildman–Crippen LogP) is 2.33. The summed E-state index contributed by atoms with van der Waals surface area (Å²) in [5.74, 6) is 0.190. The zero-order valence-corrected chi connectivity index (χ0v) is 13.8. The van der Waals surface area contributed by atoms with Crippen LogP contribution in [-0.2, 0) is 11.3 Å². The van der Waals surface area contributed by atoms with Crippen molar-refractivity contribution in [2.75, 3.05) is 0 Å². The van der Waals surface area contributed by atoms with E-state index in [1.54, 1.807) is 19.1 Å². The second-order valence-corrected chi connectivity index (χ2v) is 5.51. The van der Waals surface area contributed by atoms with Gasteiger partial charge in [0.2, 0.25) is 0 Å². The molecule has 2 amide bonds. The van der Waals surface area contributed by atoms with Gasteiger partial charge in [0.25, 0.3) is 0 Å². The highest BCUT2D eigenvalue weighted by atomic mass is 35.5. The number of hydrogen-bond donors (Lipinski definition) is 3. The molecule has 24 heavy (non-hydrogen) atoms. The van der Waals surface area contributed by atoms with Crippen LogP contribution in [0.3, 0.4) is 0 Å². The lowest BCUT2D eigenvalue weighted by Crippen LogP contribution is -2.58. The molecule has 8 heteroatoms. The van der Waals surface area contributed by atoms with Crippen LogP contribution in [0.25, 0.3) is 0 Å². The van der Waals surface area contributed by atoms with Gasteiger partial charge >= 0.3 is 6.03 Å². The Morgan fingerprint density at radius 3 is 2.62 bits per heavy atom. The second kappa shape index (κ2) is 7.76. The summed E-state index contributed by atoms with van der Waals surface area (Å²) >= 11 is 6.02. The molecule has 5 N–H and O–H groups in total. The van der Waals surface area contributed by atoms with Crippen molar-refractivity contribution in [2.24, 2.45) is 16.5 Å². The Morgan fingerprint density at radius 1 is 1.29 bits per heavy atom. The number of aromatic nitrogens is 1. The van der Waals surface area contributed by atoms with Gasteiger partial charge in [-0.2, -0.15) is 0 Å². The lowest BCUT2D eigenvalue weighted by atomic mass is 10.2. The number of aliphatic imine (C=N–C) groups is 1. The van der Waals surface area contributed by atoms with E-state index in [-0.39, 0.29) is 18.3 Å². The van der Waals surface area contributed by atoms with Crippen molar-refractivity contribution < 1.29 is 9.53 Å². The largest absolute Gasteiger partial charge is 0.383 e. The minimum atomic E-state index is -1.41. The standard InChI is InChI=1S/C16H18ClN5O2/c1-16(22-15(19)23,24-10-11-6-3-2-4-7-11)14(18)21-13-12(17)8-5-9-20-13/h2-9H,10H2,1H3,(H2,18,20,21)(H3,19,22,23). The second-order valence-electron chi connectivity index (χ2n) is 5.10. The van der Waals surface area contributed by atoms with Gasteiger partial charge in [0.1, 0.15) is 0 Å². The van der Waals surface area contributed by atoms with Crippen molar-refractivity contribution in [3.05, 3.63) is 59.2 Å². The van der Waals surface area contributed by atoms with Crippen molar-refractivity contribution in [1.82, 2.24) is 10.3 Å². The van der Waals surface area contributed by atoms with E-state index in [2.05, 4.69) is 15.3 Å². The average molecular weight is 348 g/mol. The van der Waals surface area contributed by atoms with Gasteiger partial charge in [-0.3, -0.25) is 0 Å². The molecule has 0 aliphatic heterocycles. The third kappa shape index (κ3) is 4.68. The van der Waals surface area contributed by atoms with E-state index in [0.717, 1.165) is 5.56 Å². The lowest BCUT2D eigenvalue weighted by molar-refractivity contribution is -0.00735. The van der Waals surface area contributed by atoms with Crippen molar-refractivity contribution in [1.29, 1.82) is 0 Å². The molecule has 7 nitrogen and oxygen atoms in total. The van der Waals surface area contributed by atoms with Crippen LogP contribution in [0.2, 0.25) is 5.02 Å². The lowest BCUT2D eigenvalue weighted by Gasteiger charge is -2.29. The number of urea groups is 1. The Morgan fingerprint density at radius 2 is 2.00 bits per heavy atom. The van der Waals surface area contributed by atoms with Crippen molar-refractivity contribution >= 4 is 29.3 Å². The van der Waals surface area contributed by atoms with Crippen molar-refractivity contribution in [3.63, 3.8) is 0 Å². The molecular formula is C16H18ClN5O2. The molecule has 1 atom stereocenters. The topological polar surface area (TPSA) is 116 Å². The maximum Gasteiger partial charge on any atom is 0.314 e. The number of amides is 2. The molecule has 1 heterocycles. The van der Waals surface area contributed by atoms with E-state index in [1.807, 2.05) is 30.3 Å². The monoisotopic (exact) mass is 347 g/mol. The molecule has 0 radical (unpaired) electrons. The summed E-state index contributed by atoms with van der Waals surface area (Å²) in [5, 5.41) is 2.78. The van der Waals surface area contributed by atoms with E-state index in [1.165, 1.54) is 6.20 Å². The van der Waals surface area contributed by atoms with Gasteiger partial charge in [-0.25, -0.2) is 14.8 Å². The molecule has 0 aliphatic carbocycles. The number of pyridine rings is 1. The summed E-state index contributed by atoms with van der Waals surface area (Å²) in [6, 6.07) is 11.9. The van der Waals surface area contributed by atoms with Crippen LogP contribution in [0, 0.1) is 0 Å². The first-order valence-corrected chi connectivity index (χ1v) is 7.49. The summed E-state index contributed by atoms with van der Waals surface area (Å²) in [5.41, 5.74) is 10.7. The van der Waals surface area contributed by atoms with Crippen LogP contribution >= 0.6 is 11.6 Å².